The molecule has 108 valence electrons. The van der Waals surface area contributed by atoms with E-state index in [0.29, 0.717) is 13.7 Å². The zero-order valence-corrected chi connectivity index (χ0v) is 14.2. The van der Waals surface area contributed by atoms with Crippen LogP contribution < -0.4 is 0 Å². The van der Waals surface area contributed by atoms with Gasteiger partial charge in [0.1, 0.15) is 5.82 Å². The minimum absolute atomic E-state index is 0.0785. The molecule has 20 heavy (non-hydrogen) atoms. The molecule has 1 unspecified atom stereocenters. The summed E-state index contributed by atoms with van der Waals surface area (Å²) in [6.45, 7) is 0. The van der Waals surface area contributed by atoms with Gasteiger partial charge in [-0.1, -0.05) is 27.5 Å². The lowest BCUT2D eigenvalue weighted by molar-refractivity contribution is -0.137. The number of hydrogen-bond acceptors (Lipinski definition) is 1. The average Bonchev–Trinajstić information content (AvgIpc) is 2.68. The van der Waals surface area contributed by atoms with E-state index < -0.39 is 22.4 Å². The van der Waals surface area contributed by atoms with Crippen LogP contribution in [0.5, 0.6) is 0 Å². The Morgan fingerprint density at radius 3 is 2.35 bits per heavy atom. The number of alkyl halides is 4. The molecule has 8 heteroatoms. The summed E-state index contributed by atoms with van der Waals surface area (Å²) in [6.07, 6.45) is -4.51. The predicted octanol–water partition coefficient (Wildman–Crippen LogP) is 6.81. The van der Waals surface area contributed by atoms with Gasteiger partial charge >= 0.3 is 6.18 Å². The molecule has 2 rings (SSSR count). The van der Waals surface area contributed by atoms with Gasteiger partial charge in [0.05, 0.1) is 19.2 Å². The summed E-state index contributed by atoms with van der Waals surface area (Å²) < 4.78 is 52.4. The molecule has 1 heterocycles. The third-order valence-corrected chi connectivity index (χ3v) is 6.34. The standard InChI is InChI=1S/C12H5Br2ClF4S/c13-10(9-4-7(15)11(14)20-9)6-3-5(12(17,18)19)1-2-8(6)16/h1-4,10H. The molecule has 0 aliphatic heterocycles. The van der Waals surface area contributed by atoms with Crippen LogP contribution in [-0.4, -0.2) is 0 Å². The van der Waals surface area contributed by atoms with Gasteiger partial charge in [-0.25, -0.2) is 4.39 Å². The van der Waals surface area contributed by atoms with Crippen LogP contribution in [0.3, 0.4) is 0 Å². The smallest absolute Gasteiger partial charge is 0.207 e. The summed E-state index contributed by atoms with van der Waals surface area (Å²) >= 11 is 13.5. The molecule has 0 radical (unpaired) electrons. The molecule has 0 amide bonds. The Kier molecular flexibility index (Phi) is 4.83. The number of thiophene rings is 1. The van der Waals surface area contributed by atoms with Gasteiger partial charge in [0.25, 0.3) is 0 Å². The van der Waals surface area contributed by atoms with Crippen LogP contribution in [0, 0.1) is 5.82 Å². The first-order chi connectivity index (χ1) is 9.20. The summed E-state index contributed by atoms with van der Waals surface area (Å²) in [7, 11) is 0. The molecule has 1 aromatic carbocycles. The molecule has 0 N–H and O–H groups in total. The predicted molar refractivity (Wildman–Crippen MR) is 79.2 cm³/mol. The molecule has 1 aromatic heterocycles. The van der Waals surface area contributed by atoms with Crippen molar-refractivity contribution in [3.63, 3.8) is 0 Å². The van der Waals surface area contributed by atoms with Gasteiger partial charge in [-0.15, -0.1) is 11.3 Å². The van der Waals surface area contributed by atoms with Crippen molar-refractivity contribution in [3.8, 4) is 0 Å². The first-order valence-electron chi connectivity index (χ1n) is 5.15. The Bertz CT molecular complexity index is 619. The maximum absolute atomic E-state index is 13.8. The number of rotatable bonds is 2. The Morgan fingerprint density at radius 2 is 1.85 bits per heavy atom. The zero-order chi connectivity index (χ0) is 15.1. The topological polar surface area (TPSA) is 0 Å². The van der Waals surface area contributed by atoms with Crippen molar-refractivity contribution < 1.29 is 17.6 Å². The van der Waals surface area contributed by atoms with E-state index in [-0.39, 0.29) is 5.56 Å². The van der Waals surface area contributed by atoms with Crippen molar-refractivity contribution in [2.75, 3.05) is 0 Å². The largest absolute Gasteiger partial charge is 0.416 e. The van der Waals surface area contributed by atoms with Gasteiger partial charge < -0.3 is 0 Å². The van der Waals surface area contributed by atoms with E-state index >= 15 is 0 Å². The van der Waals surface area contributed by atoms with E-state index in [1.807, 2.05) is 0 Å². The van der Waals surface area contributed by atoms with E-state index in [1.54, 1.807) is 6.07 Å². The normalized spacial score (nSPS) is 13.6. The van der Waals surface area contributed by atoms with E-state index in [9.17, 15) is 17.6 Å². The molecule has 0 saturated carbocycles. The van der Waals surface area contributed by atoms with Crippen molar-refractivity contribution in [2.24, 2.45) is 0 Å². The Hall–Kier alpha value is -0.110. The average molecular weight is 452 g/mol. The summed E-state index contributed by atoms with van der Waals surface area (Å²) in [5.41, 5.74) is -0.967. The lowest BCUT2D eigenvalue weighted by Crippen LogP contribution is -2.07. The minimum atomic E-state index is -4.51. The lowest BCUT2D eigenvalue weighted by Gasteiger charge is -2.13. The lowest BCUT2D eigenvalue weighted by atomic mass is 10.1. The highest BCUT2D eigenvalue weighted by molar-refractivity contribution is 9.11. The Labute approximate surface area is 138 Å². The highest BCUT2D eigenvalue weighted by atomic mass is 79.9. The minimum Gasteiger partial charge on any atom is -0.207 e. The number of benzene rings is 1. The molecule has 0 aliphatic rings. The van der Waals surface area contributed by atoms with Crippen LogP contribution in [0.2, 0.25) is 5.02 Å². The molecule has 2 aromatic rings. The van der Waals surface area contributed by atoms with Gasteiger partial charge in [-0.05, 0) is 40.2 Å². The molecule has 0 saturated heterocycles. The van der Waals surface area contributed by atoms with Gasteiger partial charge in [-0.2, -0.15) is 13.2 Å². The zero-order valence-electron chi connectivity index (χ0n) is 9.44. The van der Waals surface area contributed by atoms with Gasteiger partial charge in [-0.3, -0.25) is 0 Å². The second kappa shape index (κ2) is 5.94. The van der Waals surface area contributed by atoms with E-state index in [2.05, 4.69) is 31.9 Å². The molecular weight excluding hydrogens is 447 g/mol. The van der Waals surface area contributed by atoms with Crippen LogP contribution in [0.1, 0.15) is 20.8 Å². The second-order valence-corrected chi connectivity index (χ2v) is 7.59. The van der Waals surface area contributed by atoms with E-state index in [1.165, 1.54) is 11.3 Å². The molecule has 0 aliphatic carbocycles. The third-order valence-electron chi connectivity index (χ3n) is 2.51. The molecule has 0 fully saturated rings. The summed E-state index contributed by atoms with van der Waals surface area (Å²) in [5, 5.41) is 0.432. The van der Waals surface area contributed by atoms with Crippen molar-refractivity contribution in [1.29, 1.82) is 0 Å². The fraction of sp³-hybridized carbons (Fsp3) is 0.167. The highest BCUT2D eigenvalue weighted by Gasteiger charge is 2.32. The quantitative estimate of drug-likeness (QED) is 0.347. The molecule has 0 bridgehead atoms. The molecular formula is C12H5Br2ClF4S. The molecule has 0 spiro atoms. The second-order valence-electron chi connectivity index (χ2n) is 3.87. The van der Waals surface area contributed by atoms with Crippen LogP contribution in [0.4, 0.5) is 17.6 Å². The van der Waals surface area contributed by atoms with Gasteiger partial charge in [0, 0.05) is 10.4 Å². The van der Waals surface area contributed by atoms with E-state index in [4.69, 9.17) is 11.6 Å². The number of hydrogen-bond donors (Lipinski definition) is 0. The monoisotopic (exact) mass is 450 g/mol. The molecule has 0 nitrogen and oxygen atoms in total. The van der Waals surface area contributed by atoms with Crippen molar-refractivity contribution in [1.82, 2.24) is 0 Å². The SMILES string of the molecule is Fc1ccc(C(F)(F)F)cc1C(Br)c1cc(Cl)c(Br)s1. The summed E-state index contributed by atoms with van der Waals surface area (Å²) in [5.74, 6) is -0.708. The van der Waals surface area contributed by atoms with Crippen LogP contribution in [0.15, 0.2) is 28.1 Å². The van der Waals surface area contributed by atoms with Gasteiger partial charge in [0.2, 0.25) is 0 Å². The van der Waals surface area contributed by atoms with Crippen LogP contribution in [-0.2, 0) is 6.18 Å². The Balaban J connectivity index is 2.46. The van der Waals surface area contributed by atoms with Crippen molar-refractivity contribution in [2.45, 2.75) is 11.0 Å². The third kappa shape index (κ3) is 3.37. The summed E-state index contributed by atoms with van der Waals surface area (Å²) in [6, 6.07) is 3.91. The highest BCUT2D eigenvalue weighted by Crippen LogP contribution is 2.43. The van der Waals surface area contributed by atoms with Crippen molar-refractivity contribution >= 4 is 54.8 Å². The Morgan fingerprint density at radius 1 is 1.20 bits per heavy atom. The van der Waals surface area contributed by atoms with Crippen LogP contribution >= 0.6 is 54.8 Å². The first-order valence-corrected chi connectivity index (χ1v) is 8.06. The maximum atomic E-state index is 13.8. The van der Waals surface area contributed by atoms with Gasteiger partial charge in [0.15, 0.2) is 0 Å². The first kappa shape index (κ1) is 16.3. The fourth-order valence-corrected chi connectivity index (χ4v) is 4.06. The van der Waals surface area contributed by atoms with Crippen LogP contribution in [0.25, 0.3) is 0 Å². The van der Waals surface area contributed by atoms with Crippen molar-refractivity contribution in [3.05, 3.63) is 54.9 Å². The summed E-state index contributed by atoms with van der Waals surface area (Å²) in [4.78, 5) is -0.0845. The fourth-order valence-electron chi connectivity index (χ4n) is 1.56. The van der Waals surface area contributed by atoms with E-state index in [0.717, 1.165) is 18.2 Å². The molecule has 1 atom stereocenters. The number of halogens is 7. The maximum Gasteiger partial charge on any atom is 0.416 e.